The number of benzene rings is 2. The summed E-state index contributed by atoms with van der Waals surface area (Å²) < 4.78 is 0. The molecule has 0 saturated heterocycles. The number of amides is 2. The van der Waals surface area contributed by atoms with Crippen molar-refractivity contribution in [2.75, 3.05) is 24.5 Å². The Hall–Kier alpha value is -3.19. The van der Waals surface area contributed by atoms with Gasteiger partial charge in [0, 0.05) is 18.7 Å². The van der Waals surface area contributed by atoms with Crippen LogP contribution in [0.4, 0.5) is 5.69 Å². The average Bonchev–Trinajstić information content (AvgIpc) is 2.99. The number of para-hydroxylation sites is 1. The highest BCUT2D eigenvalue weighted by molar-refractivity contribution is 6.54. The van der Waals surface area contributed by atoms with E-state index in [1.807, 2.05) is 13.8 Å². The van der Waals surface area contributed by atoms with E-state index in [0.29, 0.717) is 24.3 Å². The van der Waals surface area contributed by atoms with Gasteiger partial charge in [-0.1, -0.05) is 47.1 Å². The van der Waals surface area contributed by atoms with Gasteiger partial charge in [0.1, 0.15) is 6.54 Å². The second-order valence-electron chi connectivity index (χ2n) is 6.27. The number of fused-ring (bicyclic) bond motifs is 1. The van der Waals surface area contributed by atoms with Gasteiger partial charge in [0.15, 0.2) is 5.71 Å². The van der Waals surface area contributed by atoms with Crippen LogP contribution in [-0.4, -0.2) is 48.0 Å². The lowest BCUT2D eigenvalue weighted by Gasteiger charge is -2.23. The van der Waals surface area contributed by atoms with Crippen molar-refractivity contribution < 1.29 is 19.2 Å². The van der Waals surface area contributed by atoms with Crippen LogP contribution in [0.15, 0.2) is 53.7 Å². The minimum Gasteiger partial charge on any atom is -0.342 e. The van der Waals surface area contributed by atoms with Gasteiger partial charge in [-0.25, -0.2) is 4.79 Å². The highest BCUT2D eigenvalue weighted by Crippen LogP contribution is 2.29. The van der Waals surface area contributed by atoms with Gasteiger partial charge in [-0.15, -0.1) is 0 Å². The molecule has 0 unspecified atom stereocenters. The molecule has 2 aromatic carbocycles. The fourth-order valence-corrected chi connectivity index (χ4v) is 3.29. The van der Waals surface area contributed by atoms with Crippen molar-refractivity contribution in [3.63, 3.8) is 0 Å². The summed E-state index contributed by atoms with van der Waals surface area (Å²) in [4.78, 5) is 45.7. The van der Waals surface area contributed by atoms with Crippen LogP contribution in [0.5, 0.6) is 0 Å². The molecule has 2 amide bonds. The van der Waals surface area contributed by atoms with Crippen molar-refractivity contribution in [2.45, 2.75) is 13.8 Å². The van der Waals surface area contributed by atoms with Gasteiger partial charge in [-0.05, 0) is 32.0 Å². The molecule has 0 aromatic heterocycles. The molecule has 0 fully saturated rings. The Morgan fingerprint density at radius 3 is 2.41 bits per heavy atom. The normalized spacial score (nSPS) is 14.1. The molecule has 0 spiro atoms. The van der Waals surface area contributed by atoms with E-state index in [0.717, 1.165) is 0 Å². The molecule has 1 aliphatic heterocycles. The number of carbonyl (C=O) groups is 3. The third kappa shape index (κ3) is 4.14. The van der Waals surface area contributed by atoms with Crippen LogP contribution in [0.25, 0.3) is 0 Å². The molecule has 29 heavy (non-hydrogen) atoms. The summed E-state index contributed by atoms with van der Waals surface area (Å²) in [6.07, 6.45) is 0. The summed E-state index contributed by atoms with van der Waals surface area (Å²) in [5.41, 5.74) is 1.15. The number of nitrogens with zero attached hydrogens (tertiary/aromatic N) is 3. The zero-order chi connectivity index (χ0) is 21.0. The van der Waals surface area contributed by atoms with Crippen molar-refractivity contribution >= 4 is 40.8 Å². The van der Waals surface area contributed by atoms with Gasteiger partial charge < -0.3 is 9.74 Å². The predicted octanol–water partition coefficient (Wildman–Crippen LogP) is 3.12. The Labute approximate surface area is 173 Å². The first-order valence-electron chi connectivity index (χ1n) is 9.20. The molecule has 7 nitrogen and oxygen atoms in total. The average molecular weight is 414 g/mol. The maximum Gasteiger partial charge on any atom is 0.367 e. The summed E-state index contributed by atoms with van der Waals surface area (Å²) in [7, 11) is 0. The molecule has 0 bridgehead atoms. The minimum atomic E-state index is -0.772. The van der Waals surface area contributed by atoms with E-state index in [1.165, 1.54) is 11.0 Å². The second kappa shape index (κ2) is 8.87. The quantitative estimate of drug-likeness (QED) is 0.538. The summed E-state index contributed by atoms with van der Waals surface area (Å²) in [5, 5.41) is 4.02. The number of oxime groups is 1. The van der Waals surface area contributed by atoms with Crippen molar-refractivity contribution in [1.29, 1.82) is 0 Å². The Kier molecular flexibility index (Phi) is 6.29. The molecule has 0 N–H and O–H groups in total. The first kappa shape index (κ1) is 20.5. The number of likely N-dealkylation sites (N-methyl/N-ethyl adjacent to an activating group) is 1. The van der Waals surface area contributed by atoms with Crippen molar-refractivity contribution in [1.82, 2.24) is 4.90 Å². The molecular weight excluding hydrogens is 394 g/mol. The van der Waals surface area contributed by atoms with E-state index < -0.39 is 11.9 Å². The van der Waals surface area contributed by atoms with Crippen LogP contribution >= 0.6 is 11.6 Å². The number of hydrogen-bond acceptors (Lipinski definition) is 5. The number of carbonyl (C=O) groups excluding carboxylic acids is 3. The fourth-order valence-electron chi connectivity index (χ4n) is 3.08. The van der Waals surface area contributed by atoms with Crippen molar-refractivity contribution in [2.24, 2.45) is 5.16 Å². The molecular formula is C21H20ClN3O4. The van der Waals surface area contributed by atoms with Crippen LogP contribution < -0.4 is 4.90 Å². The van der Waals surface area contributed by atoms with E-state index in [2.05, 4.69) is 5.16 Å². The standard InChI is InChI=1S/C21H20ClN3O4/c1-3-24(4-2)18(26)13-25-17-12-8-6-10-15(17)19(20(25)27)23-29-21(28)14-9-5-7-11-16(14)22/h5-12H,3-4,13H2,1-2H3/b23-19+. The second-order valence-corrected chi connectivity index (χ2v) is 6.68. The monoisotopic (exact) mass is 413 g/mol. The van der Waals surface area contributed by atoms with Gasteiger partial charge >= 0.3 is 5.97 Å². The maximum absolute atomic E-state index is 12.9. The molecule has 2 aromatic rings. The Morgan fingerprint density at radius 1 is 1.07 bits per heavy atom. The Bertz CT molecular complexity index is 985. The topological polar surface area (TPSA) is 79.3 Å². The Balaban J connectivity index is 1.86. The van der Waals surface area contributed by atoms with Crippen LogP contribution in [0.2, 0.25) is 5.02 Å². The molecule has 0 aliphatic carbocycles. The van der Waals surface area contributed by atoms with Crippen molar-refractivity contribution in [3.8, 4) is 0 Å². The highest BCUT2D eigenvalue weighted by Gasteiger charge is 2.36. The molecule has 0 radical (unpaired) electrons. The number of rotatable bonds is 6. The molecule has 8 heteroatoms. The SMILES string of the molecule is CCN(CC)C(=O)CN1C(=O)/C(=N/OC(=O)c2ccccc2Cl)c2ccccc21. The third-order valence-corrected chi connectivity index (χ3v) is 4.95. The van der Waals surface area contributed by atoms with Gasteiger partial charge in [-0.2, -0.15) is 0 Å². The minimum absolute atomic E-state index is 0.0339. The third-order valence-electron chi connectivity index (χ3n) is 4.62. The maximum atomic E-state index is 12.9. The first-order chi connectivity index (χ1) is 14.0. The van der Waals surface area contributed by atoms with Crippen LogP contribution in [-0.2, 0) is 14.4 Å². The number of hydrogen-bond donors (Lipinski definition) is 0. The van der Waals surface area contributed by atoms with E-state index in [-0.39, 0.29) is 28.7 Å². The Morgan fingerprint density at radius 2 is 1.72 bits per heavy atom. The van der Waals surface area contributed by atoms with Gasteiger partial charge in [0.2, 0.25) is 5.91 Å². The highest BCUT2D eigenvalue weighted by atomic mass is 35.5. The fraction of sp³-hybridized carbons (Fsp3) is 0.238. The van der Waals surface area contributed by atoms with Crippen molar-refractivity contribution in [3.05, 3.63) is 64.7 Å². The zero-order valence-electron chi connectivity index (χ0n) is 16.1. The smallest absolute Gasteiger partial charge is 0.342 e. The largest absolute Gasteiger partial charge is 0.367 e. The number of anilines is 1. The lowest BCUT2D eigenvalue weighted by molar-refractivity contribution is -0.130. The first-order valence-corrected chi connectivity index (χ1v) is 9.58. The molecule has 1 aliphatic rings. The van der Waals surface area contributed by atoms with E-state index in [4.69, 9.17) is 16.4 Å². The van der Waals surface area contributed by atoms with Crippen LogP contribution in [0, 0.1) is 0 Å². The zero-order valence-corrected chi connectivity index (χ0v) is 16.8. The van der Waals surface area contributed by atoms with Gasteiger partial charge in [-0.3, -0.25) is 14.5 Å². The number of halogens is 1. The van der Waals surface area contributed by atoms with E-state index >= 15 is 0 Å². The lowest BCUT2D eigenvalue weighted by Crippen LogP contribution is -2.42. The predicted molar refractivity (Wildman–Crippen MR) is 110 cm³/mol. The lowest BCUT2D eigenvalue weighted by atomic mass is 10.1. The van der Waals surface area contributed by atoms with Gasteiger partial charge in [0.25, 0.3) is 5.91 Å². The van der Waals surface area contributed by atoms with Gasteiger partial charge in [0.05, 0.1) is 16.3 Å². The summed E-state index contributed by atoms with van der Waals surface area (Å²) in [6.45, 7) is 4.74. The summed E-state index contributed by atoms with van der Waals surface area (Å²) >= 11 is 6.00. The summed E-state index contributed by atoms with van der Waals surface area (Å²) in [5.74, 6) is -1.45. The molecule has 150 valence electrons. The summed E-state index contributed by atoms with van der Waals surface area (Å²) in [6, 6.07) is 13.3. The molecule has 0 atom stereocenters. The van der Waals surface area contributed by atoms with E-state index in [1.54, 1.807) is 47.4 Å². The molecule has 1 heterocycles. The van der Waals surface area contributed by atoms with E-state index in [9.17, 15) is 14.4 Å². The van der Waals surface area contributed by atoms with Crippen LogP contribution in [0.1, 0.15) is 29.8 Å². The molecule has 3 rings (SSSR count). The molecule has 0 saturated carbocycles. The van der Waals surface area contributed by atoms with Crippen LogP contribution in [0.3, 0.4) is 0 Å².